The Kier molecular flexibility index (Phi) is 5.37. The highest BCUT2D eigenvalue weighted by Gasteiger charge is 2.26. The van der Waals surface area contributed by atoms with Gasteiger partial charge in [0.15, 0.2) is 0 Å². The van der Waals surface area contributed by atoms with E-state index in [0.29, 0.717) is 0 Å². The van der Waals surface area contributed by atoms with Crippen LogP contribution >= 0.6 is 15.9 Å². The van der Waals surface area contributed by atoms with E-state index < -0.39 is 17.9 Å². The molecule has 5 heteroatoms. The van der Waals surface area contributed by atoms with Crippen LogP contribution in [0.1, 0.15) is 0 Å². The molecule has 0 aromatic heterocycles. The van der Waals surface area contributed by atoms with Crippen LogP contribution in [0.15, 0.2) is 12.2 Å². The highest BCUT2D eigenvalue weighted by Crippen LogP contribution is 2.15. The normalized spacial score (nSPS) is 11.6. The van der Waals surface area contributed by atoms with Gasteiger partial charge in [-0.1, -0.05) is 22.5 Å². The first kappa shape index (κ1) is 12.2. The maximum atomic E-state index is 11.1. The maximum absolute atomic E-state index is 11.1. The van der Waals surface area contributed by atoms with E-state index in [1.807, 2.05) is 0 Å². The van der Waals surface area contributed by atoms with Crippen LogP contribution in [0.25, 0.3) is 0 Å². The molecule has 0 aliphatic carbocycles. The monoisotopic (exact) mass is 250 g/mol. The molecule has 0 heterocycles. The number of halogens is 1. The maximum Gasteiger partial charge on any atom is 0.334 e. The van der Waals surface area contributed by atoms with Gasteiger partial charge in [-0.15, -0.1) is 0 Å². The van der Waals surface area contributed by atoms with Crippen molar-refractivity contribution in [2.24, 2.45) is 5.92 Å². The Morgan fingerprint density at radius 1 is 1.38 bits per heavy atom. The summed E-state index contributed by atoms with van der Waals surface area (Å²) in [5.74, 6) is -1.79. The minimum Gasteiger partial charge on any atom is -0.469 e. The van der Waals surface area contributed by atoms with Crippen LogP contribution in [-0.4, -0.2) is 31.5 Å². The fourth-order valence-corrected chi connectivity index (χ4v) is 1.37. The fourth-order valence-electron chi connectivity index (χ4n) is 0.714. The predicted molar refractivity (Wildman–Crippen MR) is 50.5 cm³/mol. The molecule has 0 rings (SSSR count). The molecule has 0 aliphatic heterocycles. The molecule has 0 saturated heterocycles. The summed E-state index contributed by atoms with van der Waals surface area (Å²) >= 11 is 3.09. The van der Waals surface area contributed by atoms with Crippen molar-refractivity contribution in [3.8, 4) is 0 Å². The molecule has 1 unspecified atom stereocenters. The largest absolute Gasteiger partial charge is 0.469 e. The lowest BCUT2D eigenvalue weighted by atomic mass is 10.0. The smallest absolute Gasteiger partial charge is 0.334 e. The van der Waals surface area contributed by atoms with E-state index in [9.17, 15) is 9.59 Å². The van der Waals surface area contributed by atoms with Crippen molar-refractivity contribution >= 4 is 27.9 Å². The number of hydrogen-bond acceptors (Lipinski definition) is 4. The second-order valence-corrected chi connectivity index (χ2v) is 2.89. The summed E-state index contributed by atoms with van der Waals surface area (Å²) in [5.41, 5.74) is 0.0891. The van der Waals surface area contributed by atoms with Crippen LogP contribution in [0.4, 0.5) is 0 Å². The van der Waals surface area contributed by atoms with Crippen molar-refractivity contribution in [2.45, 2.75) is 0 Å². The zero-order valence-corrected chi connectivity index (χ0v) is 9.09. The Labute approximate surface area is 85.0 Å². The van der Waals surface area contributed by atoms with Crippen molar-refractivity contribution in [1.29, 1.82) is 0 Å². The molecule has 0 radical (unpaired) electrons. The van der Waals surface area contributed by atoms with E-state index in [1.54, 1.807) is 0 Å². The van der Waals surface area contributed by atoms with E-state index in [4.69, 9.17) is 0 Å². The minimum absolute atomic E-state index is 0.0891. The van der Waals surface area contributed by atoms with Gasteiger partial charge in [0.25, 0.3) is 0 Å². The van der Waals surface area contributed by atoms with Gasteiger partial charge in [0.1, 0.15) is 0 Å². The summed E-state index contributed by atoms with van der Waals surface area (Å²) in [6, 6.07) is 0. The average Bonchev–Trinajstić information content (AvgIpc) is 2.17. The number of hydrogen-bond donors (Lipinski definition) is 0. The van der Waals surface area contributed by atoms with Crippen LogP contribution < -0.4 is 0 Å². The van der Waals surface area contributed by atoms with Gasteiger partial charge in [0.05, 0.1) is 20.1 Å². The van der Waals surface area contributed by atoms with Crippen molar-refractivity contribution in [3.05, 3.63) is 12.2 Å². The molecule has 1 atom stereocenters. The number of esters is 2. The summed E-state index contributed by atoms with van der Waals surface area (Å²) in [7, 11) is 2.48. The Morgan fingerprint density at radius 2 is 1.92 bits per heavy atom. The standard InChI is InChI=1S/C8H11BrO4/c1-5(7(10)12-2)6(4-9)8(11)13-3/h6H,1,4H2,2-3H3. The zero-order valence-electron chi connectivity index (χ0n) is 7.50. The molecule has 4 nitrogen and oxygen atoms in total. The third-order valence-corrected chi connectivity index (χ3v) is 2.16. The first-order valence-electron chi connectivity index (χ1n) is 3.49. The Balaban J connectivity index is 4.49. The number of carbonyl (C=O) groups excluding carboxylic acids is 2. The topological polar surface area (TPSA) is 52.6 Å². The van der Waals surface area contributed by atoms with Crippen LogP contribution in [-0.2, 0) is 19.1 Å². The molecule has 0 aromatic rings. The third kappa shape index (κ3) is 3.18. The third-order valence-electron chi connectivity index (χ3n) is 1.51. The van der Waals surface area contributed by atoms with Gasteiger partial charge in [-0.05, 0) is 0 Å². The second-order valence-electron chi connectivity index (χ2n) is 2.25. The molecule has 0 N–H and O–H groups in total. The predicted octanol–water partition coefficient (Wildman–Crippen LogP) is 0.900. The number of carbonyl (C=O) groups is 2. The minimum atomic E-state index is -0.683. The first-order valence-corrected chi connectivity index (χ1v) is 4.61. The van der Waals surface area contributed by atoms with Crippen LogP contribution in [0.5, 0.6) is 0 Å². The van der Waals surface area contributed by atoms with Gasteiger partial charge in [0, 0.05) is 10.9 Å². The van der Waals surface area contributed by atoms with Gasteiger partial charge in [-0.25, -0.2) is 4.79 Å². The number of rotatable bonds is 4. The van der Waals surface area contributed by atoms with Crippen LogP contribution in [0.2, 0.25) is 0 Å². The summed E-state index contributed by atoms with van der Waals surface area (Å²) < 4.78 is 8.90. The molecule has 0 spiro atoms. The number of alkyl halides is 1. The lowest BCUT2D eigenvalue weighted by Crippen LogP contribution is -2.24. The first-order chi connectivity index (χ1) is 6.08. The number of ether oxygens (including phenoxy) is 2. The second kappa shape index (κ2) is 5.75. The highest BCUT2D eigenvalue weighted by atomic mass is 79.9. The van der Waals surface area contributed by atoms with Gasteiger partial charge in [0.2, 0.25) is 0 Å². The molecular weight excluding hydrogens is 240 g/mol. The lowest BCUT2D eigenvalue weighted by molar-refractivity contribution is -0.146. The van der Waals surface area contributed by atoms with Crippen molar-refractivity contribution < 1.29 is 19.1 Å². The molecule has 0 aliphatic rings. The highest BCUT2D eigenvalue weighted by molar-refractivity contribution is 9.09. The summed E-state index contributed by atoms with van der Waals surface area (Å²) in [6.07, 6.45) is 0. The van der Waals surface area contributed by atoms with Crippen LogP contribution in [0, 0.1) is 5.92 Å². The van der Waals surface area contributed by atoms with Crippen LogP contribution in [0.3, 0.4) is 0 Å². The van der Waals surface area contributed by atoms with E-state index in [0.717, 1.165) is 0 Å². The molecule has 0 fully saturated rings. The summed E-state index contributed by atoms with van der Waals surface area (Å²) in [5, 5.41) is 0.285. The lowest BCUT2D eigenvalue weighted by Gasteiger charge is -2.12. The summed E-state index contributed by atoms with van der Waals surface area (Å²) in [4.78, 5) is 22.1. The Bertz CT molecular complexity index is 224. The van der Waals surface area contributed by atoms with Gasteiger partial charge in [-0.3, -0.25) is 4.79 Å². The van der Waals surface area contributed by atoms with Gasteiger partial charge >= 0.3 is 11.9 Å². The molecule has 13 heavy (non-hydrogen) atoms. The van der Waals surface area contributed by atoms with Gasteiger partial charge in [-0.2, -0.15) is 0 Å². The SMILES string of the molecule is C=C(C(=O)OC)C(CBr)C(=O)OC. The molecule has 0 saturated carbocycles. The Hall–Kier alpha value is -0.840. The van der Waals surface area contributed by atoms with E-state index >= 15 is 0 Å². The molecule has 0 aromatic carbocycles. The van der Waals surface area contributed by atoms with E-state index in [1.165, 1.54) is 14.2 Å². The van der Waals surface area contributed by atoms with Gasteiger partial charge < -0.3 is 9.47 Å². The van der Waals surface area contributed by atoms with Crippen molar-refractivity contribution in [2.75, 3.05) is 19.5 Å². The quantitative estimate of drug-likeness (QED) is 0.423. The van der Waals surface area contributed by atoms with E-state index in [-0.39, 0.29) is 10.9 Å². The zero-order chi connectivity index (χ0) is 10.4. The van der Waals surface area contributed by atoms with Crippen molar-refractivity contribution in [3.63, 3.8) is 0 Å². The number of methoxy groups -OCH3 is 2. The van der Waals surface area contributed by atoms with Crippen molar-refractivity contribution in [1.82, 2.24) is 0 Å². The molecule has 0 bridgehead atoms. The molecular formula is C8H11BrO4. The molecule has 0 amide bonds. The summed E-state index contributed by atoms with van der Waals surface area (Å²) in [6.45, 7) is 3.46. The average molecular weight is 251 g/mol. The Morgan fingerprint density at radius 3 is 2.23 bits per heavy atom. The fraction of sp³-hybridized carbons (Fsp3) is 0.500. The molecule has 74 valence electrons. The van der Waals surface area contributed by atoms with E-state index in [2.05, 4.69) is 32.0 Å².